The van der Waals surface area contributed by atoms with Crippen molar-refractivity contribution in [1.29, 1.82) is 0 Å². The first kappa shape index (κ1) is 13.3. The number of aliphatic hydroxyl groups excluding tert-OH is 2. The highest BCUT2D eigenvalue weighted by Crippen LogP contribution is 2.72. The van der Waals surface area contributed by atoms with E-state index in [1.165, 1.54) is 6.08 Å². The van der Waals surface area contributed by atoms with E-state index in [1.54, 1.807) is 13.0 Å². The largest absolute Gasteiger partial charge is 0.395 e. The van der Waals surface area contributed by atoms with Gasteiger partial charge in [0, 0.05) is 16.7 Å². The van der Waals surface area contributed by atoms with Crippen LogP contribution in [-0.4, -0.2) is 39.4 Å². The monoisotopic (exact) mass is 266 g/mol. The molecule has 0 heterocycles. The smallest absolute Gasteiger partial charge is 0.162 e. The number of carbonyl (C=O) groups excluding carboxylic acids is 1. The van der Waals surface area contributed by atoms with E-state index in [9.17, 15) is 20.1 Å². The summed E-state index contributed by atoms with van der Waals surface area (Å²) in [4.78, 5) is 12.2. The van der Waals surface area contributed by atoms with Gasteiger partial charge in [0.15, 0.2) is 5.78 Å². The quantitative estimate of drug-likeness (QED) is 0.651. The summed E-state index contributed by atoms with van der Waals surface area (Å²) in [5, 5.41) is 31.3. The summed E-state index contributed by atoms with van der Waals surface area (Å²) in [7, 11) is 0. The number of rotatable bonds is 1. The highest BCUT2D eigenvalue weighted by Gasteiger charge is 2.77. The molecule has 0 radical (unpaired) electrons. The number of carbonyl (C=O) groups is 1. The number of fused-ring (bicyclic) bond motifs is 3. The Morgan fingerprint density at radius 1 is 1.32 bits per heavy atom. The van der Waals surface area contributed by atoms with Crippen molar-refractivity contribution in [3.63, 3.8) is 0 Å². The lowest BCUT2D eigenvalue weighted by atomic mass is 9.36. The van der Waals surface area contributed by atoms with Crippen molar-refractivity contribution < 1.29 is 20.1 Å². The fraction of sp³-hybridized carbons (Fsp3) is 0.800. The molecule has 0 saturated heterocycles. The minimum atomic E-state index is -1.22. The Labute approximate surface area is 113 Å². The number of allylic oxidation sites excluding steroid dienone is 1. The van der Waals surface area contributed by atoms with E-state index in [2.05, 4.69) is 0 Å². The van der Waals surface area contributed by atoms with Crippen molar-refractivity contribution >= 4 is 5.78 Å². The standard InChI is InChI=1S/C15H22O4/c1-12(2)6-9-14(8-16)5-4-10(17)13(14,3)7-11(18)15(9,12)19/h4-5,9,11,16,18-19H,6-8H2,1-3H3/t9-,11+,13-,14+,15-/m1/s1. The number of hydrogen-bond acceptors (Lipinski definition) is 4. The fourth-order valence-corrected chi connectivity index (χ4v) is 4.92. The molecule has 0 aromatic heterocycles. The predicted molar refractivity (Wildman–Crippen MR) is 69.2 cm³/mol. The van der Waals surface area contributed by atoms with Crippen LogP contribution in [0.3, 0.4) is 0 Å². The molecule has 0 amide bonds. The fourth-order valence-electron chi connectivity index (χ4n) is 4.92. The maximum Gasteiger partial charge on any atom is 0.162 e. The zero-order valence-corrected chi connectivity index (χ0v) is 11.7. The molecule has 3 aliphatic rings. The first-order chi connectivity index (χ1) is 8.66. The Balaban J connectivity index is 2.15. The van der Waals surface area contributed by atoms with Crippen molar-refractivity contribution in [2.24, 2.45) is 22.2 Å². The minimum absolute atomic E-state index is 0.0487. The molecule has 0 aromatic rings. The highest BCUT2D eigenvalue weighted by atomic mass is 16.3. The van der Waals surface area contributed by atoms with Gasteiger partial charge in [-0.15, -0.1) is 0 Å². The molecule has 3 rings (SSSR count). The van der Waals surface area contributed by atoms with Crippen molar-refractivity contribution in [3.05, 3.63) is 12.2 Å². The lowest BCUT2D eigenvalue weighted by molar-refractivity contribution is -0.320. The van der Waals surface area contributed by atoms with Crippen LogP contribution in [0.5, 0.6) is 0 Å². The Kier molecular flexibility index (Phi) is 2.31. The Hall–Kier alpha value is -0.710. The maximum absolute atomic E-state index is 12.2. The molecule has 0 bridgehead atoms. The zero-order chi connectivity index (χ0) is 14.3. The Bertz CT molecular complexity index is 483. The first-order valence-electron chi connectivity index (χ1n) is 6.91. The van der Waals surface area contributed by atoms with Gasteiger partial charge in [-0.1, -0.05) is 26.8 Å². The molecule has 0 aliphatic heterocycles. The summed E-state index contributed by atoms with van der Waals surface area (Å²) in [6, 6.07) is 0. The number of aliphatic hydroxyl groups is 3. The van der Waals surface area contributed by atoms with Gasteiger partial charge < -0.3 is 15.3 Å². The molecular weight excluding hydrogens is 244 g/mol. The lowest BCUT2D eigenvalue weighted by Gasteiger charge is -2.71. The molecule has 4 heteroatoms. The third-order valence-electron chi connectivity index (χ3n) is 6.43. The van der Waals surface area contributed by atoms with E-state index in [1.807, 2.05) is 13.8 Å². The van der Waals surface area contributed by atoms with Gasteiger partial charge in [0.25, 0.3) is 0 Å². The SMILES string of the molecule is CC1(C)C[C@H]2[C@@]1(O)[C@@H](O)C[C@]1(C)C(=O)C=C[C@]21CO. The second kappa shape index (κ2) is 3.30. The van der Waals surface area contributed by atoms with Gasteiger partial charge in [0.05, 0.1) is 18.3 Å². The summed E-state index contributed by atoms with van der Waals surface area (Å²) in [5.41, 5.74) is -3.13. The van der Waals surface area contributed by atoms with Crippen LogP contribution in [0.25, 0.3) is 0 Å². The third-order valence-corrected chi connectivity index (χ3v) is 6.43. The molecule has 106 valence electrons. The van der Waals surface area contributed by atoms with Gasteiger partial charge in [-0.05, 0) is 24.3 Å². The Morgan fingerprint density at radius 3 is 2.47 bits per heavy atom. The van der Waals surface area contributed by atoms with E-state index in [4.69, 9.17) is 0 Å². The molecule has 0 spiro atoms. The normalized spacial score (nSPS) is 54.5. The summed E-state index contributed by atoms with van der Waals surface area (Å²) in [5.74, 6) is -0.316. The van der Waals surface area contributed by atoms with E-state index in [0.29, 0.717) is 6.42 Å². The molecule has 0 aromatic carbocycles. The molecule has 2 fully saturated rings. The average Bonchev–Trinajstić information content (AvgIpc) is 2.59. The van der Waals surface area contributed by atoms with Crippen LogP contribution in [0, 0.1) is 22.2 Å². The molecular formula is C15H22O4. The van der Waals surface area contributed by atoms with Crippen molar-refractivity contribution in [2.45, 2.75) is 45.3 Å². The van der Waals surface area contributed by atoms with Crippen LogP contribution >= 0.6 is 0 Å². The van der Waals surface area contributed by atoms with Gasteiger partial charge in [-0.25, -0.2) is 0 Å². The molecule has 3 N–H and O–H groups in total. The van der Waals surface area contributed by atoms with Crippen molar-refractivity contribution in [2.75, 3.05) is 6.61 Å². The van der Waals surface area contributed by atoms with E-state index in [-0.39, 0.29) is 30.1 Å². The molecule has 5 atom stereocenters. The lowest BCUT2D eigenvalue weighted by Crippen LogP contribution is -2.77. The van der Waals surface area contributed by atoms with Crippen molar-refractivity contribution in [1.82, 2.24) is 0 Å². The van der Waals surface area contributed by atoms with Crippen molar-refractivity contribution in [3.8, 4) is 0 Å². The zero-order valence-electron chi connectivity index (χ0n) is 11.7. The average molecular weight is 266 g/mol. The maximum atomic E-state index is 12.2. The summed E-state index contributed by atoms with van der Waals surface area (Å²) in [6.07, 6.45) is 3.27. The van der Waals surface area contributed by atoms with Crippen LogP contribution in [0.15, 0.2) is 12.2 Å². The summed E-state index contributed by atoms with van der Waals surface area (Å²) in [6.45, 7) is 5.50. The molecule has 2 saturated carbocycles. The predicted octanol–water partition coefficient (Wildman–Crippen LogP) is 0.652. The third kappa shape index (κ3) is 1.11. The Morgan fingerprint density at radius 2 is 1.95 bits per heavy atom. The molecule has 19 heavy (non-hydrogen) atoms. The van der Waals surface area contributed by atoms with Gasteiger partial charge in [-0.3, -0.25) is 4.79 Å². The topological polar surface area (TPSA) is 77.8 Å². The van der Waals surface area contributed by atoms with Crippen LogP contribution < -0.4 is 0 Å². The molecule has 0 unspecified atom stereocenters. The minimum Gasteiger partial charge on any atom is -0.395 e. The summed E-state index contributed by atoms with van der Waals surface area (Å²) >= 11 is 0. The van der Waals surface area contributed by atoms with E-state index >= 15 is 0 Å². The van der Waals surface area contributed by atoms with Gasteiger partial charge in [-0.2, -0.15) is 0 Å². The molecule has 4 nitrogen and oxygen atoms in total. The highest BCUT2D eigenvalue weighted by molar-refractivity contribution is 5.98. The van der Waals surface area contributed by atoms with Gasteiger partial charge in [0.2, 0.25) is 0 Å². The summed E-state index contributed by atoms with van der Waals surface area (Å²) < 4.78 is 0. The van der Waals surface area contributed by atoms with E-state index in [0.717, 1.165) is 0 Å². The van der Waals surface area contributed by atoms with Crippen LogP contribution in [-0.2, 0) is 4.79 Å². The van der Waals surface area contributed by atoms with Gasteiger partial charge in [0.1, 0.15) is 0 Å². The van der Waals surface area contributed by atoms with E-state index < -0.39 is 22.5 Å². The number of ketones is 1. The number of hydrogen-bond donors (Lipinski definition) is 3. The second-order valence-corrected chi connectivity index (χ2v) is 7.41. The van der Waals surface area contributed by atoms with Crippen LogP contribution in [0.2, 0.25) is 0 Å². The molecule has 3 aliphatic carbocycles. The van der Waals surface area contributed by atoms with Gasteiger partial charge >= 0.3 is 0 Å². The van der Waals surface area contributed by atoms with Crippen LogP contribution in [0.1, 0.15) is 33.6 Å². The van der Waals surface area contributed by atoms with Crippen LogP contribution in [0.4, 0.5) is 0 Å². The first-order valence-corrected chi connectivity index (χ1v) is 6.91. The second-order valence-electron chi connectivity index (χ2n) is 7.41.